The van der Waals surface area contributed by atoms with Crippen LogP contribution >= 0.6 is 0 Å². The normalized spacial score (nSPS) is 15.2. The summed E-state index contributed by atoms with van der Waals surface area (Å²) >= 11 is 0. The van der Waals surface area contributed by atoms with Crippen LogP contribution in [0.5, 0.6) is 0 Å². The van der Waals surface area contributed by atoms with E-state index in [1.807, 2.05) is 25.2 Å². The fraction of sp³-hybridized carbons (Fsp3) is 0.429. The van der Waals surface area contributed by atoms with Crippen LogP contribution < -0.4 is 5.32 Å². The van der Waals surface area contributed by atoms with Gasteiger partial charge in [-0.15, -0.1) is 0 Å². The number of nitrogens with one attached hydrogen (secondary N) is 1. The summed E-state index contributed by atoms with van der Waals surface area (Å²) in [6, 6.07) is 10.6. The van der Waals surface area contributed by atoms with Crippen LogP contribution in [0.2, 0.25) is 0 Å². The van der Waals surface area contributed by atoms with Crippen molar-refractivity contribution in [1.29, 1.82) is 0 Å². The van der Waals surface area contributed by atoms with Crippen molar-refractivity contribution in [3.05, 3.63) is 36.1 Å². The van der Waals surface area contributed by atoms with Gasteiger partial charge in [-0.1, -0.05) is 38.5 Å². The molecule has 2 heteroatoms. The van der Waals surface area contributed by atoms with Gasteiger partial charge in [-0.3, -0.25) is 0 Å². The molecule has 0 aliphatic heterocycles. The van der Waals surface area contributed by atoms with Gasteiger partial charge in [0.05, 0.1) is 6.04 Å². The lowest BCUT2D eigenvalue weighted by Crippen LogP contribution is -2.22. The molecule has 0 fully saturated rings. The standard InChI is InChI=1S/C14H19NO/c1-4-10(2)14(15-3)13-9-11-7-5-6-8-12(11)16-13/h5-10,14-15H,4H2,1-3H3. The summed E-state index contributed by atoms with van der Waals surface area (Å²) in [5.41, 5.74) is 0.973. The van der Waals surface area contributed by atoms with Crippen molar-refractivity contribution in [2.75, 3.05) is 7.05 Å². The highest BCUT2D eigenvalue weighted by Crippen LogP contribution is 2.29. The van der Waals surface area contributed by atoms with Crippen LogP contribution in [0.4, 0.5) is 0 Å². The predicted molar refractivity (Wildman–Crippen MR) is 67.5 cm³/mol. The summed E-state index contributed by atoms with van der Waals surface area (Å²) in [6.45, 7) is 4.45. The minimum Gasteiger partial charge on any atom is -0.459 e. The first-order chi connectivity index (χ1) is 7.76. The largest absolute Gasteiger partial charge is 0.459 e. The summed E-state index contributed by atoms with van der Waals surface area (Å²) < 4.78 is 5.88. The van der Waals surface area contributed by atoms with E-state index in [0.29, 0.717) is 12.0 Å². The second-order valence-corrected chi connectivity index (χ2v) is 4.34. The maximum Gasteiger partial charge on any atom is 0.134 e. The number of para-hydroxylation sites is 1. The summed E-state index contributed by atoms with van der Waals surface area (Å²) in [7, 11) is 1.99. The molecule has 16 heavy (non-hydrogen) atoms. The van der Waals surface area contributed by atoms with Crippen molar-refractivity contribution in [2.24, 2.45) is 5.92 Å². The minimum absolute atomic E-state index is 0.303. The number of hydrogen-bond donors (Lipinski definition) is 1. The fourth-order valence-electron chi connectivity index (χ4n) is 2.10. The molecule has 0 saturated heterocycles. The lowest BCUT2D eigenvalue weighted by molar-refractivity contribution is 0.344. The molecule has 0 aliphatic rings. The van der Waals surface area contributed by atoms with Gasteiger partial charge in [0.2, 0.25) is 0 Å². The smallest absolute Gasteiger partial charge is 0.134 e. The molecule has 1 N–H and O–H groups in total. The maximum atomic E-state index is 5.88. The van der Waals surface area contributed by atoms with Crippen molar-refractivity contribution < 1.29 is 4.42 Å². The zero-order chi connectivity index (χ0) is 11.5. The Balaban J connectivity index is 2.37. The Morgan fingerprint density at radius 2 is 2.06 bits per heavy atom. The van der Waals surface area contributed by atoms with Crippen LogP contribution in [0.3, 0.4) is 0 Å². The maximum absolute atomic E-state index is 5.88. The van der Waals surface area contributed by atoms with Gasteiger partial charge >= 0.3 is 0 Å². The van der Waals surface area contributed by atoms with Gasteiger partial charge in [-0.25, -0.2) is 0 Å². The first-order valence-electron chi connectivity index (χ1n) is 5.92. The van der Waals surface area contributed by atoms with Crippen LogP contribution in [-0.2, 0) is 0 Å². The zero-order valence-corrected chi connectivity index (χ0v) is 10.2. The molecule has 0 spiro atoms. The first kappa shape index (κ1) is 11.2. The van der Waals surface area contributed by atoms with E-state index in [2.05, 4.69) is 31.3 Å². The molecular formula is C14H19NO. The first-order valence-corrected chi connectivity index (χ1v) is 5.92. The quantitative estimate of drug-likeness (QED) is 0.844. The molecule has 0 aliphatic carbocycles. The Bertz CT molecular complexity index is 427. The molecule has 1 heterocycles. The van der Waals surface area contributed by atoms with E-state index in [9.17, 15) is 0 Å². The number of hydrogen-bond acceptors (Lipinski definition) is 2. The molecule has 1 aromatic heterocycles. The highest BCUT2D eigenvalue weighted by atomic mass is 16.3. The van der Waals surface area contributed by atoms with Gasteiger partial charge < -0.3 is 9.73 Å². The van der Waals surface area contributed by atoms with Crippen LogP contribution in [0.15, 0.2) is 34.7 Å². The predicted octanol–water partition coefficient (Wildman–Crippen LogP) is 3.74. The molecule has 2 rings (SSSR count). The Kier molecular flexibility index (Phi) is 3.30. The average molecular weight is 217 g/mol. The van der Waals surface area contributed by atoms with Crippen molar-refractivity contribution >= 4 is 11.0 Å². The van der Waals surface area contributed by atoms with E-state index >= 15 is 0 Å². The topological polar surface area (TPSA) is 25.2 Å². The van der Waals surface area contributed by atoms with Crippen molar-refractivity contribution in [1.82, 2.24) is 5.32 Å². The molecule has 0 radical (unpaired) electrons. The van der Waals surface area contributed by atoms with Crippen molar-refractivity contribution in [2.45, 2.75) is 26.3 Å². The SMILES string of the molecule is CCC(C)C(NC)c1cc2ccccc2o1. The lowest BCUT2D eigenvalue weighted by Gasteiger charge is -2.19. The van der Waals surface area contributed by atoms with Crippen molar-refractivity contribution in [3.63, 3.8) is 0 Å². The average Bonchev–Trinajstić information content (AvgIpc) is 2.72. The Morgan fingerprint density at radius 3 is 2.69 bits per heavy atom. The molecule has 0 amide bonds. The third kappa shape index (κ3) is 1.98. The second-order valence-electron chi connectivity index (χ2n) is 4.34. The van der Waals surface area contributed by atoms with E-state index in [1.165, 1.54) is 5.39 Å². The molecular weight excluding hydrogens is 198 g/mol. The molecule has 2 nitrogen and oxygen atoms in total. The van der Waals surface area contributed by atoms with Gasteiger partial charge in [0.25, 0.3) is 0 Å². The second kappa shape index (κ2) is 4.71. The zero-order valence-electron chi connectivity index (χ0n) is 10.2. The summed E-state index contributed by atoms with van der Waals surface area (Å²) in [5, 5.41) is 4.52. The van der Waals surface area contributed by atoms with Gasteiger partial charge in [-0.05, 0) is 25.1 Å². The number of rotatable bonds is 4. The molecule has 0 bridgehead atoms. The number of fused-ring (bicyclic) bond motifs is 1. The summed E-state index contributed by atoms with van der Waals surface area (Å²) in [6.07, 6.45) is 1.14. The third-order valence-electron chi connectivity index (χ3n) is 3.28. The monoisotopic (exact) mass is 217 g/mol. The number of benzene rings is 1. The van der Waals surface area contributed by atoms with E-state index < -0.39 is 0 Å². The van der Waals surface area contributed by atoms with Gasteiger partial charge in [-0.2, -0.15) is 0 Å². The van der Waals surface area contributed by atoms with Gasteiger partial charge in [0, 0.05) is 5.39 Å². The summed E-state index contributed by atoms with van der Waals surface area (Å²) in [5.74, 6) is 1.61. The van der Waals surface area contributed by atoms with E-state index in [-0.39, 0.29) is 0 Å². The van der Waals surface area contributed by atoms with E-state index in [0.717, 1.165) is 17.8 Å². The van der Waals surface area contributed by atoms with Gasteiger partial charge in [0.1, 0.15) is 11.3 Å². The summed E-state index contributed by atoms with van der Waals surface area (Å²) in [4.78, 5) is 0. The van der Waals surface area contributed by atoms with Crippen molar-refractivity contribution in [3.8, 4) is 0 Å². The van der Waals surface area contributed by atoms with Crippen LogP contribution in [-0.4, -0.2) is 7.05 Å². The number of furan rings is 1. The Labute approximate surface area is 96.6 Å². The lowest BCUT2D eigenvalue weighted by atomic mass is 9.97. The molecule has 1 aromatic carbocycles. The van der Waals surface area contributed by atoms with E-state index in [4.69, 9.17) is 4.42 Å². The minimum atomic E-state index is 0.303. The molecule has 86 valence electrons. The Morgan fingerprint density at radius 1 is 1.31 bits per heavy atom. The Hall–Kier alpha value is -1.28. The van der Waals surface area contributed by atoms with Crippen LogP contribution in [0, 0.1) is 5.92 Å². The molecule has 2 atom stereocenters. The fourth-order valence-corrected chi connectivity index (χ4v) is 2.10. The highest BCUT2D eigenvalue weighted by molar-refractivity contribution is 5.77. The van der Waals surface area contributed by atoms with E-state index in [1.54, 1.807) is 0 Å². The van der Waals surface area contributed by atoms with Gasteiger partial charge in [0.15, 0.2) is 0 Å². The molecule has 0 saturated carbocycles. The van der Waals surface area contributed by atoms with Crippen LogP contribution in [0.1, 0.15) is 32.1 Å². The third-order valence-corrected chi connectivity index (χ3v) is 3.28. The van der Waals surface area contributed by atoms with Crippen LogP contribution in [0.25, 0.3) is 11.0 Å². The molecule has 2 unspecified atom stereocenters. The highest BCUT2D eigenvalue weighted by Gasteiger charge is 2.19. The molecule has 2 aromatic rings.